The summed E-state index contributed by atoms with van der Waals surface area (Å²) in [7, 11) is 0. The average molecular weight is 201 g/mol. The maximum absolute atomic E-state index is 4.52. The lowest BCUT2D eigenvalue weighted by molar-refractivity contribution is 0.639. The molecule has 3 rings (SSSR count). The van der Waals surface area contributed by atoms with Gasteiger partial charge in [-0.15, -0.1) is 0 Å². The van der Waals surface area contributed by atoms with E-state index < -0.39 is 0 Å². The van der Waals surface area contributed by atoms with E-state index in [1.54, 1.807) is 0 Å². The van der Waals surface area contributed by atoms with E-state index in [-0.39, 0.29) is 0 Å². The Balaban J connectivity index is 1.98. The minimum absolute atomic E-state index is 0.568. The Kier molecular flexibility index (Phi) is 1.97. The third-order valence-electron chi connectivity index (χ3n) is 3.34. The SMILES string of the molecule is Cc1nccc(N2C3C=CCC2CC3)n1. The molecule has 2 aliphatic heterocycles. The zero-order valence-electron chi connectivity index (χ0n) is 8.93. The summed E-state index contributed by atoms with van der Waals surface area (Å²) in [6.07, 6.45) is 10.2. The molecule has 0 aliphatic carbocycles. The summed E-state index contributed by atoms with van der Waals surface area (Å²) in [4.78, 5) is 11.1. The number of anilines is 1. The van der Waals surface area contributed by atoms with Gasteiger partial charge in [0.05, 0.1) is 0 Å². The Labute approximate surface area is 89.8 Å². The van der Waals surface area contributed by atoms with Gasteiger partial charge in [0.1, 0.15) is 11.6 Å². The molecular formula is C12H15N3. The summed E-state index contributed by atoms with van der Waals surface area (Å²) in [6, 6.07) is 3.25. The van der Waals surface area contributed by atoms with Crippen molar-refractivity contribution in [1.82, 2.24) is 9.97 Å². The standard InChI is InChI=1S/C12H15N3/c1-9-13-8-7-12(14-9)15-10-3-2-4-11(15)6-5-10/h2-3,7-8,10-11H,4-6H2,1H3. The summed E-state index contributed by atoms with van der Waals surface area (Å²) in [5.41, 5.74) is 0. The second kappa shape index (κ2) is 3.33. The molecule has 1 aromatic heterocycles. The molecule has 0 amide bonds. The molecule has 15 heavy (non-hydrogen) atoms. The predicted octanol–water partition coefficient (Wildman–Crippen LogP) is 2.08. The summed E-state index contributed by atoms with van der Waals surface area (Å²) in [5, 5.41) is 0. The highest BCUT2D eigenvalue weighted by Gasteiger charge is 2.34. The van der Waals surface area contributed by atoms with Crippen molar-refractivity contribution in [2.24, 2.45) is 0 Å². The third kappa shape index (κ3) is 1.42. The molecule has 1 saturated heterocycles. The molecule has 2 atom stereocenters. The van der Waals surface area contributed by atoms with Gasteiger partial charge in [0.15, 0.2) is 0 Å². The van der Waals surface area contributed by atoms with Gasteiger partial charge in [0, 0.05) is 18.3 Å². The van der Waals surface area contributed by atoms with E-state index in [0.29, 0.717) is 12.1 Å². The van der Waals surface area contributed by atoms with Gasteiger partial charge in [0.2, 0.25) is 0 Å². The maximum atomic E-state index is 4.52. The highest BCUT2D eigenvalue weighted by molar-refractivity contribution is 5.45. The lowest BCUT2D eigenvalue weighted by Crippen LogP contribution is -2.37. The number of fused-ring (bicyclic) bond motifs is 2. The number of hydrogen-bond donors (Lipinski definition) is 0. The highest BCUT2D eigenvalue weighted by Crippen LogP contribution is 2.34. The summed E-state index contributed by atoms with van der Waals surface area (Å²) >= 11 is 0. The van der Waals surface area contributed by atoms with Gasteiger partial charge in [-0.2, -0.15) is 0 Å². The largest absolute Gasteiger partial charge is 0.347 e. The van der Waals surface area contributed by atoms with Crippen molar-refractivity contribution in [1.29, 1.82) is 0 Å². The Morgan fingerprint density at radius 2 is 2.33 bits per heavy atom. The van der Waals surface area contributed by atoms with Crippen LogP contribution in [0.2, 0.25) is 0 Å². The zero-order chi connectivity index (χ0) is 10.3. The molecule has 0 aromatic carbocycles. The third-order valence-corrected chi connectivity index (χ3v) is 3.34. The Bertz CT molecular complexity index is 400. The highest BCUT2D eigenvalue weighted by atomic mass is 15.3. The van der Waals surface area contributed by atoms with Crippen LogP contribution in [0, 0.1) is 6.92 Å². The smallest absolute Gasteiger partial charge is 0.132 e. The van der Waals surface area contributed by atoms with Crippen molar-refractivity contribution in [2.45, 2.75) is 38.3 Å². The minimum atomic E-state index is 0.568. The quantitative estimate of drug-likeness (QED) is 0.651. The Morgan fingerprint density at radius 3 is 3.13 bits per heavy atom. The van der Waals surface area contributed by atoms with Gasteiger partial charge in [-0.3, -0.25) is 0 Å². The first-order chi connectivity index (χ1) is 7.34. The van der Waals surface area contributed by atoms with Crippen molar-refractivity contribution < 1.29 is 0 Å². The fourth-order valence-corrected chi connectivity index (χ4v) is 2.67. The van der Waals surface area contributed by atoms with Crippen molar-refractivity contribution in [2.75, 3.05) is 4.90 Å². The number of aryl methyl sites for hydroxylation is 1. The molecule has 3 heteroatoms. The van der Waals surface area contributed by atoms with Gasteiger partial charge in [-0.25, -0.2) is 9.97 Å². The van der Waals surface area contributed by atoms with Crippen molar-refractivity contribution in [3.8, 4) is 0 Å². The predicted molar refractivity (Wildman–Crippen MR) is 59.8 cm³/mol. The van der Waals surface area contributed by atoms with Crippen LogP contribution in [0.4, 0.5) is 5.82 Å². The van der Waals surface area contributed by atoms with Crippen LogP contribution < -0.4 is 4.90 Å². The summed E-state index contributed by atoms with van der Waals surface area (Å²) in [6.45, 7) is 1.95. The van der Waals surface area contributed by atoms with E-state index in [1.165, 1.54) is 19.3 Å². The number of aromatic nitrogens is 2. The molecule has 0 N–H and O–H groups in total. The molecule has 3 heterocycles. The van der Waals surface area contributed by atoms with Crippen LogP contribution >= 0.6 is 0 Å². The number of nitrogens with zero attached hydrogens (tertiary/aromatic N) is 3. The van der Waals surface area contributed by atoms with E-state index in [1.807, 2.05) is 19.2 Å². The molecule has 2 bridgehead atoms. The van der Waals surface area contributed by atoms with Gasteiger partial charge in [0.25, 0.3) is 0 Å². The van der Waals surface area contributed by atoms with Crippen LogP contribution in [0.25, 0.3) is 0 Å². The van der Waals surface area contributed by atoms with Gasteiger partial charge in [-0.1, -0.05) is 12.2 Å². The molecule has 3 nitrogen and oxygen atoms in total. The van der Waals surface area contributed by atoms with Crippen LogP contribution in [0.5, 0.6) is 0 Å². The topological polar surface area (TPSA) is 29.0 Å². The van der Waals surface area contributed by atoms with Crippen LogP contribution in [0.1, 0.15) is 25.1 Å². The van der Waals surface area contributed by atoms with Gasteiger partial charge < -0.3 is 4.90 Å². The van der Waals surface area contributed by atoms with Crippen LogP contribution in [-0.4, -0.2) is 22.1 Å². The molecule has 78 valence electrons. The molecule has 1 aromatic rings. The first-order valence-electron chi connectivity index (χ1n) is 5.59. The van der Waals surface area contributed by atoms with E-state index in [4.69, 9.17) is 0 Å². The summed E-state index contributed by atoms with van der Waals surface area (Å²) in [5.74, 6) is 1.96. The number of rotatable bonds is 1. The lowest BCUT2D eigenvalue weighted by atomic mass is 10.1. The summed E-state index contributed by atoms with van der Waals surface area (Å²) < 4.78 is 0. The molecular weight excluding hydrogens is 186 g/mol. The monoisotopic (exact) mass is 201 g/mol. The lowest BCUT2D eigenvalue weighted by Gasteiger charge is -2.32. The van der Waals surface area contributed by atoms with Crippen molar-refractivity contribution >= 4 is 5.82 Å². The zero-order valence-corrected chi connectivity index (χ0v) is 8.93. The van der Waals surface area contributed by atoms with Gasteiger partial charge in [-0.05, 0) is 32.3 Å². The molecule has 2 aliphatic rings. The second-order valence-electron chi connectivity index (χ2n) is 4.33. The van der Waals surface area contributed by atoms with Crippen LogP contribution in [-0.2, 0) is 0 Å². The molecule has 1 fully saturated rings. The minimum Gasteiger partial charge on any atom is -0.347 e. The first kappa shape index (κ1) is 8.89. The van der Waals surface area contributed by atoms with Gasteiger partial charge >= 0.3 is 0 Å². The van der Waals surface area contributed by atoms with E-state index >= 15 is 0 Å². The van der Waals surface area contributed by atoms with Crippen molar-refractivity contribution in [3.63, 3.8) is 0 Å². The molecule has 2 unspecified atom stereocenters. The first-order valence-corrected chi connectivity index (χ1v) is 5.59. The van der Waals surface area contributed by atoms with E-state index in [2.05, 4.69) is 27.0 Å². The fourth-order valence-electron chi connectivity index (χ4n) is 2.67. The molecule has 0 radical (unpaired) electrons. The fraction of sp³-hybridized carbons (Fsp3) is 0.500. The normalized spacial score (nSPS) is 28.5. The average Bonchev–Trinajstić information content (AvgIpc) is 2.49. The Morgan fingerprint density at radius 1 is 1.40 bits per heavy atom. The number of hydrogen-bond acceptors (Lipinski definition) is 3. The second-order valence-corrected chi connectivity index (χ2v) is 4.33. The van der Waals surface area contributed by atoms with E-state index in [9.17, 15) is 0 Å². The maximum Gasteiger partial charge on any atom is 0.132 e. The molecule has 0 saturated carbocycles. The van der Waals surface area contributed by atoms with Crippen molar-refractivity contribution in [3.05, 3.63) is 30.2 Å². The molecule has 0 spiro atoms. The van der Waals surface area contributed by atoms with Crippen LogP contribution in [0.3, 0.4) is 0 Å². The van der Waals surface area contributed by atoms with E-state index in [0.717, 1.165) is 11.6 Å². The van der Waals surface area contributed by atoms with Crippen LogP contribution in [0.15, 0.2) is 24.4 Å². The Hall–Kier alpha value is -1.38.